The van der Waals surface area contributed by atoms with Gasteiger partial charge in [-0.2, -0.15) is 0 Å². The molecule has 7 nitrogen and oxygen atoms in total. The van der Waals surface area contributed by atoms with E-state index in [0.717, 1.165) is 68.8 Å². The second-order valence-electron chi connectivity index (χ2n) is 7.25. The molecule has 2 N–H and O–H groups in total. The lowest BCUT2D eigenvalue weighted by Gasteiger charge is -2.34. The molecule has 170 valence electrons. The third-order valence-electron chi connectivity index (χ3n) is 5.29. The Hall–Kier alpha value is -2.29. The highest BCUT2D eigenvalue weighted by Crippen LogP contribution is 2.32. The number of ether oxygens (including phenoxy) is 3. The highest BCUT2D eigenvalue weighted by molar-refractivity contribution is 7.09. The summed E-state index contributed by atoms with van der Waals surface area (Å²) in [5, 5.41) is 8.95. The summed E-state index contributed by atoms with van der Waals surface area (Å²) < 4.78 is 16.5. The molecule has 1 aromatic carbocycles. The molecule has 0 bridgehead atoms. The third-order valence-corrected chi connectivity index (χ3v) is 6.23. The first-order valence-corrected chi connectivity index (χ1v) is 11.7. The SMILES string of the molecule is CCNC(=NCC(c1ccc(OC)c(OC)c1)N1CCOCC1)NCCc1cccs1. The average molecular weight is 447 g/mol. The molecule has 1 aliphatic rings. The zero-order chi connectivity index (χ0) is 21.9. The number of morpholine rings is 1. The summed E-state index contributed by atoms with van der Waals surface area (Å²) in [6, 6.07) is 10.5. The number of thiophene rings is 1. The summed E-state index contributed by atoms with van der Waals surface area (Å²) >= 11 is 1.79. The third kappa shape index (κ3) is 6.85. The lowest BCUT2D eigenvalue weighted by Crippen LogP contribution is -2.42. The smallest absolute Gasteiger partial charge is 0.191 e. The van der Waals surface area contributed by atoms with Crippen LogP contribution in [0.1, 0.15) is 23.4 Å². The van der Waals surface area contributed by atoms with Gasteiger partial charge in [0.2, 0.25) is 0 Å². The van der Waals surface area contributed by atoms with E-state index >= 15 is 0 Å². The van der Waals surface area contributed by atoms with Crippen molar-refractivity contribution in [2.75, 3.05) is 60.2 Å². The minimum absolute atomic E-state index is 0.136. The topological polar surface area (TPSA) is 67.4 Å². The van der Waals surface area contributed by atoms with Gasteiger partial charge in [-0.25, -0.2) is 0 Å². The van der Waals surface area contributed by atoms with Gasteiger partial charge in [-0.15, -0.1) is 11.3 Å². The van der Waals surface area contributed by atoms with Crippen molar-refractivity contribution in [3.63, 3.8) is 0 Å². The molecule has 0 spiro atoms. The van der Waals surface area contributed by atoms with Crippen LogP contribution in [0.5, 0.6) is 11.5 Å². The Labute approximate surface area is 189 Å². The number of nitrogens with zero attached hydrogens (tertiary/aromatic N) is 2. The van der Waals surface area contributed by atoms with Gasteiger partial charge in [-0.05, 0) is 42.5 Å². The number of nitrogens with one attached hydrogen (secondary N) is 2. The van der Waals surface area contributed by atoms with Gasteiger partial charge in [0.05, 0.1) is 40.0 Å². The Morgan fingerprint density at radius 1 is 1.16 bits per heavy atom. The monoisotopic (exact) mass is 446 g/mol. The highest BCUT2D eigenvalue weighted by atomic mass is 32.1. The summed E-state index contributed by atoms with van der Waals surface area (Å²) in [6.07, 6.45) is 0.991. The van der Waals surface area contributed by atoms with Gasteiger partial charge in [0, 0.05) is 31.1 Å². The maximum atomic E-state index is 5.57. The van der Waals surface area contributed by atoms with E-state index in [1.165, 1.54) is 4.88 Å². The molecule has 1 aliphatic heterocycles. The molecule has 0 saturated carbocycles. The Bertz CT molecular complexity index is 807. The predicted molar refractivity (Wildman–Crippen MR) is 127 cm³/mol. The Morgan fingerprint density at radius 3 is 2.65 bits per heavy atom. The quantitative estimate of drug-likeness (QED) is 0.432. The fourth-order valence-electron chi connectivity index (χ4n) is 3.66. The van der Waals surface area contributed by atoms with Crippen LogP contribution < -0.4 is 20.1 Å². The van der Waals surface area contributed by atoms with E-state index in [4.69, 9.17) is 19.2 Å². The molecule has 1 fully saturated rings. The Kier molecular flexibility index (Phi) is 9.45. The zero-order valence-corrected chi connectivity index (χ0v) is 19.5. The molecule has 8 heteroatoms. The highest BCUT2D eigenvalue weighted by Gasteiger charge is 2.24. The molecule has 3 rings (SSSR count). The van der Waals surface area contributed by atoms with E-state index in [1.54, 1.807) is 25.6 Å². The fourth-order valence-corrected chi connectivity index (χ4v) is 4.37. The lowest BCUT2D eigenvalue weighted by atomic mass is 10.0. The molecule has 0 amide bonds. The number of aliphatic imine (C=N–C) groups is 1. The second kappa shape index (κ2) is 12.5. The van der Waals surface area contributed by atoms with Crippen molar-refractivity contribution in [1.29, 1.82) is 0 Å². The zero-order valence-electron chi connectivity index (χ0n) is 18.7. The van der Waals surface area contributed by atoms with Crippen molar-refractivity contribution in [3.8, 4) is 11.5 Å². The van der Waals surface area contributed by atoms with E-state index in [9.17, 15) is 0 Å². The van der Waals surface area contributed by atoms with Gasteiger partial charge < -0.3 is 24.8 Å². The summed E-state index contributed by atoms with van der Waals surface area (Å²) in [5.41, 5.74) is 1.16. The van der Waals surface area contributed by atoms with Crippen LogP contribution in [0.15, 0.2) is 40.7 Å². The van der Waals surface area contributed by atoms with Crippen molar-refractivity contribution >= 4 is 17.3 Å². The van der Waals surface area contributed by atoms with Crippen molar-refractivity contribution in [2.24, 2.45) is 4.99 Å². The number of hydrogen-bond donors (Lipinski definition) is 2. The maximum absolute atomic E-state index is 5.57. The number of hydrogen-bond acceptors (Lipinski definition) is 6. The van der Waals surface area contributed by atoms with Crippen LogP contribution in [0.3, 0.4) is 0 Å². The van der Waals surface area contributed by atoms with Gasteiger partial charge in [-0.3, -0.25) is 9.89 Å². The van der Waals surface area contributed by atoms with Crippen LogP contribution in [0, 0.1) is 0 Å². The molecule has 31 heavy (non-hydrogen) atoms. The molecule has 1 unspecified atom stereocenters. The lowest BCUT2D eigenvalue weighted by molar-refractivity contribution is 0.0179. The standard InChI is InChI=1S/C23H34N4O3S/c1-4-24-23(25-10-9-19-6-5-15-31-19)26-17-20(27-11-13-30-14-12-27)18-7-8-21(28-2)22(16-18)29-3/h5-8,15-16,20H,4,9-14,17H2,1-3H3,(H2,24,25,26). The van der Waals surface area contributed by atoms with Gasteiger partial charge in [0.1, 0.15) is 0 Å². The van der Waals surface area contributed by atoms with Crippen molar-refractivity contribution < 1.29 is 14.2 Å². The molecule has 1 saturated heterocycles. The first kappa shape index (κ1) is 23.4. The van der Waals surface area contributed by atoms with E-state index in [-0.39, 0.29) is 6.04 Å². The van der Waals surface area contributed by atoms with Gasteiger partial charge in [-0.1, -0.05) is 12.1 Å². The second-order valence-corrected chi connectivity index (χ2v) is 8.29. The van der Waals surface area contributed by atoms with Crippen molar-refractivity contribution in [1.82, 2.24) is 15.5 Å². The summed E-state index contributed by atoms with van der Waals surface area (Å²) in [4.78, 5) is 8.73. The van der Waals surface area contributed by atoms with Crippen LogP contribution in [0.2, 0.25) is 0 Å². The van der Waals surface area contributed by atoms with Crippen molar-refractivity contribution in [2.45, 2.75) is 19.4 Å². The molecule has 1 aromatic heterocycles. The minimum Gasteiger partial charge on any atom is -0.493 e. The largest absolute Gasteiger partial charge is 0.493 e. The number of benzene rings is 1. The van der Waals surface area contributed by atoms with Gasteiger partial charge in [0.25, 0.3) is 0 Å². The van der Waals surface area contributed by atoms with Crippen LogP contribution in [0.25, 0.3) is 0 Å². The number of methoxy groups -OCH3 is 2. The Morgan fingerprint density at radius 2 is 1.97 bits per heavy atom. The normalized spacial score (nSPS) is 16.0. The van der Waals surface area contributed by atoms with Gasteiger partial charge >= 0.3 is 0 Å². The molecule has 2 heterocycles. The summed E-state index contributed by atoms with van der Waals surface area (Å²) in [7, 11) is 3.33. The van der Waals surface area contributed by atoms with Crippen LogP contribution >= 0.6 is 11.3 Å². The number of guanidine groups is 1. The molecular formula is C23H34N4O3S. The number of rotatable bonds is 10. The van der Waals surface area contributed by atoms with E-state index in [2.05, 4.69) is 52.1 Å². The molecule has 0 radical (unpaired) electrons. The fraction of sp³-hybridized carbons (Fsp3) is 0.522. The molecule has 2 aromatic rings. The molecule has 0 aliphatic carbocycles. The van der Waals surface area contributed by atoms with E-state index in [1.807, 2.05) is 6.07 Å². The van der Waals surface area contributed by atoms with E-state index in [0.29, 0.717) is 6.54 Å². The van der Waals surface area contributed by atoms with Gasteiger partial charge in [0.15, 0.2) is 17.5 Å². The summed E-state index contributed by atoms with van der Waals surface area (Å²) in [5.74, 6) is 2.32. The molecule has 1 atom stereocenters. The molecular weight excluding hydrogens is 412 g/mol. The van der Waals surface area contributed by atoms with Crippen LogP contribution in [0.4, 0.5) is 0 Å². The predicted octanol–water partition coefficient (Wildman–Crippen LogP) is 2.94. The Balaban J connectivity index is 1.74. The summed E-state index contributed by atoms with van der Waals surface area (Å²) in [6.45, 7) is 7.66. The van der Waals surface area contributed by atoms with Crippen LogP contribution in [-0.2, 0) is 11.2 Å². The first-order chi connectivity index (χ1) is 15.2. The first-order valence-electron chi connectivity index (χ1n) is 10.8. The maximum Gasteiger partial charge on any atom is 0.191 e. The minimum atomic E-state index is 0.136. The average Bonchev–Trinajstić information content (AvgIpc) is 3.33. The van der Waals surface area contributed by atoms with E-state index < -0.39 is 0 Å². The van der Waals surface area contributed by atoms with Crippen molar-refractivity contribution in [3.05, 3.63) is 46.2 Å². The van der Waals surface area contributed by atoms with Crippen LogP contribution in [-0.4, -0.2) is 71.0 Å².